The van der Waals surface area contributed by atoms with E-state index in [0.717, 1.165) is 43.2 Å². The lowest BCUT2D eigenvalue weighted by Gasteiger charge is -2.06. The highest BCUT2D eigenvalue weighted by atomic mass is 32.1. The molecule has 138 valence electrons. The molecule has 6 nitrogen and oxygen atoms in total. The first-order chi connectivity index (χ1) is 13.1. The van der Waals surface area contributed by atoms with Gasteiger partial charge in [-0.2, -0.15) is 0 Å². The first-order valence-corrected chi connectivity index (χ1v) is 10.1. The number of benzene rings is 2. The van der Waals surface area contributed by atoms with E-state index in [9.17, 15) is 4.79 Å². The first-order valence-electron chi connectivity index (χ1n) is 8.47. The number of aromatic nitrogens is 2. The molecule has 8 heteroatoms. The van der Waals surface area contributed by atoms with Gasteiger partial charge in [-0.05, 0) is 43.2 Å². The second-order valence-electron chi connectivity index (χ2n) is 5.99. The maximum atomic E-state index is 12.2. The molecule has 0 saturated heterocycles. The minimum Gasteiger partial charge on any atom is -0.497 e. The second-order valence-corrected chi connectivity index (χ2v) is 8.20. The monoisotopic (exact) mass is 398 g/mol. The molecule has 0 spiro atoms. The SMILES string of the molecule is COc1ccc(CCNC(=O)Nc2nc3ccc4nc(C)sc4c3s2)cc1. The van der Waals surface area contributed by atoms with Gasteiger partial charge in [0.25, 0.3) is 0 Å². The molecule has 0 fully saturated rings. The highest BCUT2D eigenvalue weighted by Crippen LogP contribution is 2.35. The van der Waals surface area contributed by atoms with Gasteiger partial charge in [0.2, 0.25) is 0 Å². The number of aryl methyl sites for hydroxylation is 1. The van der Waals surface area contributed by atoms with E-state index >= 15 is 0 Å². The minimum absolute atomic E-state index is 0.251. The number of hydrogen-bond acceptors (Lipinski definition) is 6. The molecular formula is C19H18N4O2S2. The van der Waals surface area contributed by atoms with E-state index in [-0.39, 0.29) is 6.03 Å². The van der Waals surface area contributed by atoms with Crippen molar-refractivity contribution >= 4 is 54.3 Å². The van der Waals surface area contributed by atoms with Gasteiger partial charge >= 0.3 is 6.03 Å². The predicted molar refractivity (Wildman–Crippen MR) is 111 cm³/mol. The van der Waals surface area contributed by atoms with Crippen molar-refractivity contribution in [2.24, 2.45) is 0 Å². The molecule has 0 saturated carbocycles. The van der Waals surface area contributed by atoms with E-state index in [2.05, 4.69) is 20.6 Å². The van der Waals surface area contributed by atoms with Crippen LogP contribution in [0, 0.1) is 6.92 Å². The van der Waals surface area contributed by atoms with Crippen LogP contribution in [0.2, 0.25) is 0 Å². The summed E-state index contributed by atoms with van der Waals surface area (Å²) in [5.41, 5.74) is 2.99. The van der Waals surface area contributed by atoms with E-state index in [4.69, 9.17) is 4.74 Å². The Morgan fingerprint density at radius 1 is 1.04 bits per heavy atom. The normalized spacial score (nSPS) is 11.0. The summed E-state index contributed by atoms with van der Waals surface area (Å²) >= 11 is 3.13. The van der Waals surface area contributed by atoms with Gasteiger partial charge in [0.05, 0.1) is 32.6 Å². The summed E-state index contributed by atoms with van der Waals surface area (Å²) in [6.07, 6.45) is 0.748. The van der Waals surface area contributed by atoms with Crippen molar-refractivity contribution in [3.63, 3.8) is 0 Å². The van der Waals surface area contributed by atoms with Crippen LogP contribution in [0.5, 0.6) is 5.75 Å². The summed E-state index contributed by atoms with van der Waals surface area (Å²) in [7, 11) is 1.64. The summed E-state index contributed by atoms with van der Waals surface area (Å²) in [6.45, 7) is 2.54. The molecule has 0 aliphatic rings. The fourth-order valence-electron chi connectivity index (χ4n) is 2.79. The molecule has 2 heterocycles. The number of thiazole rings is 2. The molecule has 0 radical (unpaired) electrons. The Hall–Kier alpha value is -2.71. The number of rotatable bonds is 5. The van der Waals surface area contributed by atoms with Crippen LogP contribution < -0.4 is 15.4 Å². The second kappa shape index (κ2) is 7.50. The van der Waals surface area contributed by atoms with Crippen LogP contribution in [0.25, 0.3) is 20.4 Å². The quantitative estimate of drug-likeness (QED) is 0.516. The number of amides is 2. The molecule has 4 aromatic rings. The van der Waals surface area contributed by atoms with Gasteiger partial charge in [0, 0.05) is 6.54 Å². The lowest BCUT2D eigenvalue weighted by molar-refractivity contribution is 0.252. The third kappa shape index (κ3) is 3.86. The van der Waals surface area contributed by atoms with Crippen LogP contribution in [0.3, 0.4) is 0 Å². The fraction of sp³-hybridized carbons (Fsp3) is 0.211. The number of carbonyl (C=O) groups excluding carboxylic acids is 1. The molecule has 0 aliphatic carbocycles. The standard InChI is InChI=1S/C19H18N4O2S2/c1-11-21-14-7-8-15-17(16(14)26-11)27-19(22-15)23-18(24)20-10-9-12-3-5-13(25-2)6-4-12/h3-8H,9-10H2,1-2H3,(H2,20,22,23,24). The van der Waals surface area contributed by atoms with E-state index in [1.807, 2.05) is 43.3 Å². The molecule has 0 bridgehead atoms. The van der Waals surface area contributed by atoms with Crippen molar-refractivity contribution in [2.45, 2.75) is 13.3 Å². The molecule has 0 atom stereocenters. The van der Waals surface area contributed by atoms with Gasteiger partial charge in [-0.15, -0.1) is 11.3 Å². The Kier molecular flexibility index (Phi) is 4.91. The first kappa shape index (κ1) is 17.7. The summed E-state index contributed by atoms with van der Waals surface area (Å²) in [5.74, 6) is 0.825. The van der Waals surface area contributed by atoms with Gasteiger partial charge in [-0.1, -0.05) is 23.5 Å². The summed E-state index contributed by atoms with van der Waals surface area (Å²) in [5, 5.41) is 7.31. The highest BCUT2D eigenvalue weighted by molar-refractivity contribution is 7.28. The van der Waals surface area contributed by atoms with Crippen LogP contribution in [-0.4, -0.2) is 29.7 Å². The average Bonchev–Trinajstić information content (AvgIpc) is 3.24. The summed E-state index contributed by atoms with van der Waals surface area (Å²) in [4.78, 5) is 21.2. The largest absolute Gasteiger partial charge is 0.497 e. The van der Waals surface area contributed by atoms with E-state index in [1.165, 1.54) is 11.3 Å². The Morgan fingerprint density at radius 3 is 2.48 bits per heavy atom. The van der Waals surface area contributed by atoms with Crippen molar-refractivity contribution in [3.8, 4) is 5.75 Å². The number of hydrogen-bond donors (Lipinski definition) is 2. The number of ether oxygens (including phenoxy) is 1. The smallest absolute Gasteiger partial charge is 0.321 e. The Morgan fingerprint density at radius 2 is 1.74 bits per heavy atom. The van der Waals surface area contributed by atoms with Crippen molar-refractivity contribution in [1.29, 1.82) is 0 Å². The number of nitrogens with one attached hydrogen (secondary N) is 2. The Labute approximate surface area is 164 Å². The van der Waals surface area contributed by atoms with Crippen LogP contribution in [0.15, 0.2) is 36.4 Å². The molecule has 2 N–H and O–H groups in total. The molecule has 0 unspecified atom stereocenters. The number of methoxy groups -OCH3 is 1. The van der Waals surface area contributed by atoms with Gasteiger partial charge in [-0.25, -0.2) is 14.8 Å². The van der Waals surface area contributed by atoms with Crippen molar-refractivity contribution in [1.82, 2.24) is 15.3 Å². The van der Waals surface area contributed by atoms with Crippen LogP contribution in [0.4, 0.5) is 9.93 Å². The van der Waals surface area contributed by atoms with Crippen LogP contribution >= 0.6 is 22.7 Å². The van der Waals surface area contributed by atoms with Gasteiger partial charge < -0.3 is 10.1 Å². The van der Waals surface area contributed by atoms with Gasteiger partial charge in [-0.3, -0.25) is 5.32 Å². The topological polar surface area (TPSA) is 76.1 Å². The molecule has 27 heavy (non-hydrogen) atoms. The van der Waals surface area contributed by atoms with Crippen molar-refractivity contribution < 1.29 is 9.53 Å². The highest BCUT2D eigenvalue weighted by Gasteiger charge is 2.12. The maximum Gasteiger partial charge on any atom is 0.321 e. The van der Waals surface area contributed by atoms with Gasteiger partial charge in [0.1, 0.15) is 5.75 Å². The van der Waals surface area contributed by atoms with E-state index < -0.39 is 0 Å². The summed E-state index contributed by atoms with van der Waals surface area (Å²) in [6, 6.07) is 11.5. The molecular weight excluding hydrogens is 380 g/mol. The van der Waals surface area contributed by atoms with Crippen LogP contribution in [-0.2, 0) is 6.42 Å². The third-order valence-corrected chi connectivity index (χ3v) is 6.24. The zero-order chi connectivity index (χ0) is 18.8. The minimum atomic E-state index is -0.251. The fourth-order valence-corrected chi connectivity index (χ4v) is 4.79. The molecule has 2 aromatic carbocycles. The number of urea groups is 1. The average molecular weight is 399 g/mol. The summed E-state index contributed by atoms with van der Waals surface area (Å²) < 4.78 is 7.33. The lowest BCUT2D eigenvalue weighted by Crippen LogP contribution is -2.30. The van der Waals surface area contributed by atoms with Crippen molar-refractivity contribution in [3.05, 3.63) is 47.0 Å². The lowest BCUT2D eigenvalue weighted by atomic mass is 10.1. The van der Waals surface area contributed by atoms with Crippen LogP contribution in [0.1, 0.15) is 10.6 Å². The zero-order valence-corrected chi connectivity index (χ0v) is 16.5. The maximum absolute atomic E-state index is 12.2. The number of nitrogens with zero attached hydrogens (tertiary/aromatic N) is 2. The van der Waals surface area contributed by atoms with Crippen molar-refractivity contribution in [2.75, 3.05) is 19.0 Å². The van der Waals surface area contributed by atoms with Gasteiger partial charge in [0.15, 0.2) is 5.13 Å². The van der Waals surface area contributed by atoms with E-state index in [1.54, 1.807) is 18.4 Å². The van der Waals surface area contributed by atoms with E-state index in [0.29, 0.717) is 11.7 Å². The number of carbonyl (C=O) groups is 1. The molecule has 4 rings (SSSR count). The molecule has 2 amide bonds. The molecule has 2 aromatic heterocycles. The molecule has 0 aliphatic heterocycles. The predicted octanol–water partition coefficient (Wildman–Crippen LogP) is 4.59. The Bertz CT molecular complexity index is 1100. The zero-order valence-electron chi connectivity index (χ0n) is 14.9. The Balaban J connectivity index is 1.38. The number of anilines is 1. The number of fused-ring (bicyclic) bond motifs is 3. The third-order valence-electron chi connectivity index (χ3n) is 4.10.